The van der Waals surface area contributed by atoms with Gasteiger partial charge in [-0.1, -0.05) is 41.4 Å². The maximum absolute atomic E-state index is 12.5. The van der Waals surface area contributed by atoms with Gasteiger partial charge in [0.2, 0.25) is 0 Å². The van der Waals surface area contributed by atoms with Crippen molar-refractivity contribution in [3.8, 4) is 0 Å². The van der Waals surface area contributed by atoms with Crippen LogP contribution >= 0.6 is 23.2 Å². The van der Waals surface area contributed by atoms with Crippen LogP contribution in [0, 0.1) is 6.92 Å². The van der Waals surface area contributed by atoms with Crippen LogP contribution in [0.2, 0.25) is 10.0 Å². The summed E-state index contributed by atoms with van der Waals surface area (Å²) >= 11 is 12.0. The molecule has 4 nitrogen and oxygen atoms in total. The van der Waals surface area contributed by atoms with E-state index in [0.717, 1.165) is 11.1 Å². The van der Waals surface area contributed by atoms with Gasteiger partial charge in [0.05, 0.1) is 12.1 Å². The molecule has 0 atom stereocenters. The first-order valence-electron chi connectivity index (χ1n) is 7.95. The monoisotopic (exact) mass is 386 g/mol. The summed E-state index contributed by atoms with van der Waals surface area (Å²) in [6, 6.07) is 15.4. The second kappa shape index (κ2) is 7.77. The molecule has 1 aromatic heterocycles. The third-order valence-electron chi connectivity index (χ3n) is 3.94. The number of anilines is 1. The highest BCUT2D eigenvalue weighted by molar-refractivity contribution is 6.31. The molecule has 0 radical (unpaired) electrons. The number of benzene rings is 2. The predicted octanol–water partition coefficient (Wildman–Crippen LogP) is 4.76. The van der Waals surface area contributed by atoms with Gasteiger partial charge in [0.1, 0.15) is 0 Å². The van der Waals surface area contributed by atoms with Gasteiger partial charge in [-0.15, -0.1) is 0 Å². The van der Waals surface area contributed by atoms with Crippen molar-refractivity contribution in [1.29, 1.82) is 0 Å². The van der Waals surface area contributed by atoms with E-state index in [2.05, 4.69) is 5.32 Å². The van der Waals surface area contributed by atoms with Crippen molar-refractivity contribution in [2.75, 3.05) is 5.32 Å². The van der Waals surface area contributed by atoms with E-state index in [-0.39, 0.29) is 11.5 Å². The molecule has 132 valence electrons. The second-order valence-electron chi connectivity index (χ2n) is 5.93. The second-order valence-corrected chi connectivity index (χ2v) is 6.77. The number of halogens is 2. The van der Waals surface area contributed by atoms with E-state index in [4.69, 9.17) is 23.2 Å². The van der Waals surface area contributed by atoms with E-state index in [1.807, 2.05) is 25.1 Å². The van der Waals surface area contributed by atoms with Crippen LogP contribution in [0.1, 0.15) is 21.5 Å². The summed E-state index contributed by atoms with van der Waals surface area (Å²) in [6.45, 7) is 2.24. The third kappa shape index (κ3) is 4.34. The molecule has 0 saturated heterocycles. The molecule has 2 aromatic carbocycles. The molecule has 1 amide bonds. The first-order chi connectivity index (χ1) is 12.4. The highest BCUT2D eigenvalue weighted by atomic mass is 35.5. The Bertz CT molecular complexity index is 1010. The average molecular weight is 387 g/mol. The molecule has 0 aliphatic heterocycles. The topological polar surface area (TPSA) is 51.1 Å². The standard InChI is InChI=1S/C20H16Cl2N2O2/c1-13-2-8-17(10-18(13)22)23-20(26)15-5-9-19(25)24(12-15)11-14-3-6-16(21)7-4-14/h2-10,12H,11H2,1H3,(H,23,26). The summed E-state index contributed by atoms with van der Waals surface area (Å²) in [4.78, 5) is 24.6. The Morgan fingerprint density at radius 3 is 2.46 bits per heavy atom. The zero-order valence-corrected chi connectivity index (χ0v) is 15.5. The highest BCUT2D eigenvalue weighted by Gasteiger charge is 2.09. The van der Waals surface area contributed by atoms with Gasteiger partial charge in [-0.2, -0.15) is 0 Å². The molecule has 0 saturated carbocycles. The number of pyridine rings is 1. The molecule has 0 fully saturated rings. The molecule has 0 unspecified atom stereocenters. The number of carbonyl (C=O) groups excluding carboxylic acids is 1. The van der Waals surface area contributed by atoms with Gasteiger partial charge in [0, 0.05) is 28.0 Å². The van der Waals surface area contributed by atoms with Crippen LogP contribution in [0.4, 0.5) is 5.69 Å². The van der Waals surface area contributed by atoms with E-state index >= 15 is 0 Å². The summed E-state index contributed by atoms with van der Waals surface area (Å²) in [5.41, 5.74) is 2.65. The predicted molar refractivity (Wildman–Crippen MR) is 105 cm³/mol. The Hall–Kier alpha value is -2.56. The molecule has 3 rings (SSSR count). The Morgan fingerprint density at radius 1 is 1.04 bits per heavy atom. The number of rotatable bonds is 4. The molecule has 0 aliphatic rings. The number of amides is 1. The van der Waals surface area contributed by atoms with Crippen molar-refractivity contribution < 1.29 is 4.79 Å². The fraction of sp³-hybridized carbons (Fsp3) is 0.100. The normalized spacial score (nSPS) is 10.6. The number of nitrogens with one attached hydrogen (secondary N) is 1. The van der Waals surface area contributed by atoms with E-state index in [0.29, 0.717) is 27.8 Å². The summed E-state index contributed by atoms with van der Waals surface area (Å²) in [5.74, 6) is -0.310. The molecule has 1 heterocycles. The molecule has 0 spiro atoms. The van der Waals surface area contributed by atoms with E-state index in [9.17, 15) is 9.59 Å². The Balaban J connectivity index is 1.81. The van der Waals surface area contributed by atoms with Gasteiger partial charge in [0.25, 0.3) is 11.5 Å². The average Bonchev–Trinajstić information content (AvgIpc) is 2.62. The van der Waals surface area contributed by atoms with E-state index < -0.39 is 0 Å². The minimum atomic E-state index is -0.310. The SMILES string of the molecule is Cc1ccc(NC(=O)c2ccc(=O)n(Cc3ccc(Cl)cc3)c2)cc1Cl. The Morgan fingerprint density at radius 2 is 1.77 bits per heavy atom. The van der Waals surface area contributed by atoms with Crippen LogP contribution in [-0.2, 0) is 6.54 Å². The zero-order valence-electron chi connectivity index (χ0n) is 14.0. The van der Waals surface area contributed by atoms with Crippen molar-refractivity contribution in [3.63, 3.8) is 0 Å². The van der Waals surface area contributed by atoms with Crippen LogP contribution in [0.3, 0.4) is 0 Å². The van der Waals surface area contributed by atoms with Gasteiger partial charge in [0.15, 0.2) is 0 Å². The molecule has 6 heteroatoms. The lowest BCUT2D eigenvalue weighted by atomic mass is 10.2. The van der Waals surface area contributed by atoms with Gasteiger partial charge in [-0.25, -0.2) is 0 Å². The summed E-state index contributed by atoms with van der Waals surface area (Å²) in [5, 5.41) is 4.00. The van der Waals surface area contributed by atoms with Crippen molar-refractivity contribution in [2.45, 2.75) is 13.5 Å². The third-order valence-corrected chi connectivity index (χ3v) is 4.60. The molecule has 3 aromatic rings. The lowest BCUT2D eigenvalue weighted by Gasteiger charge is -2.10. The minimum absolute atomic E-state index is 0.185. The number of carbonyl (C=O) groups is 1. The smallest absolute Gasteiger partial charge is 0.257 e. The maximum atomic E-state index is 12.5. The molecule has 26 heavy (non-hydrogen) atoms. The quantitative estimate of drug-likeness (QED) is 0.702. The zero-order chi connectivity index (χ0) is 18.7. The van der Waals surface area contributed by atoms with Gasteiger partial charge in [-0.3, -0.25) is 9.59 Å². The van der Waals surface area contributed by atoms with Crippen molar-refractivity contribution in [1.82, 2.24) is 4.57 Å². The van der Waals surface area contributed by atoms with Crippen molar-refractivity contribution >= 4 is 34.8 Å². The molecular formula is C20H16Cl2N2O2. The van der Waals surface area contributed by atoms with Crippen LogP contribution in [0.25, 0.3) is 0 Å². The summed E-state index contributed by atoms with van der Waals surface area (Å²) < 4.78 is 1.49. The van der Waals surface area contributed by atoms with Crippen LogP contribution in [0.5, 0.6) is 0 Å². The van der Waals surface area contributed by atoms with E-state index in [1.165, 1.54) is 16.7 Å². The molecule has 0 aliphatic carbocycles. The fourth-order valence-corrected chi connectivity index (χ4v) is 2.76. The number of nitrogens with zero attached hydrogens (tertiary/aromatic N) is 1. The first-order valence-corrected chi connectivity index (χ1v) is 8.70. The summed E-state index contributed by atoms with van der Waals surface area (Å²) in [6.07, 6.45) is 1.54. The summed E-state index contributed by atoms with van der Waals surface area (Å²) in [7, 11) is 0. The highest BCUT2D eigenvalue weighted by Crippen LogP contribution is 2.20. The molecular weight excluding hydrogens is 371 g/mol. The van der Waals surface area contributed by atoms with Crippen molar-refractivity contribution in [3.05, 3.63) is 97.9 Å². The molecule has 0 bridgehead atoms. The van der Waals surface area contributed by atoms with Crippen LogP contribution in [0.15, 0.2) is 65.6 Å². The minimum Gasteiger partial charge on any atom is -0.322 e. The lowest BCUT2D eigenvalue weighted by molar-refractivity contribution is 0.102. The molecule has 1 N–H and O–H groups in total. The number of hydrogen-bond acceptors (Lipinski definition) is 2. The Kier molecular flexibility index (Phi) is 5.45. The maximum Gasteiger partial charge on any atom is 0.257 e. The van der Waals surface area contributed by atoms with Crippen LogP contribution < -0.4 is 10.9 Å². The van der Waals surface area contributed by atoms with Crippen LogP contribution in [-0.4, -0.2) is 10.5 Å². The Labute approximate surface area is 161 Å². The van der Waals surface area contributed by atoms with Gasteiger partial charge >= 0.3 is 0 Å². The number of aryl methyl sites for hydroxylation is 1. The van der Waals surface area contributed by atoms with E-state index in [1.54, 1.807) is 30.5 Å². The van der Waals surface area contributed by atoms with Crippen molar-refractivity contribution in [2.24, 2.45) is 0 Å². The largest absolute Gasteiger partial charge is 0.322 e. The van der Waals surface area contributed by atoms with Gasteiger partial charge in [-0.05, 0) is 48.4 Å². The first kappa shape index (κ1) is 18.2. The lowest BCUT2D eigenvalue weighted by Crippen LogP contribution is -2.22. The number of hydrogen-bond donors (Lipinski definition) is 1. The number of aromatic nitrogens is 1. The van der Waals surface area contributed by atoms with Gasteiger partial charge < -0.3 is 9.88 Å². The fourth-order valence-electron chi connectivity index (χ4n) is 2.45.